The van der Waals surface area contributed by atoms with Gasteiger partial charge in [-0.3, -0.25) is 9.97 Å². The van der Waals surface area contributed by atoms with Gasteiger partial charge in [0.1, 0.15) is 0 Å². The first-order valence-electron chi connectivity index (χ1n) is 18.4. The van der Waals surface area contributed by atoms with Gasteiger partial charge >= 0.3 is 0 Å². The predicted octanol–water partition coefficient (Wildman–Crippen LogP) is 11.2. The Balaban J connectivity index is 1.18. The molecule has 0 saturated heterocycles. The van der Waals surface area contributed by atoms with Crippen molar-refractivity contribution in [1.29, 1.82) is 10.5 Å². The largest absolute Gasteiger partial charge is 0.309 e. The minimum absolute atomic E-state index is 0.640. The maximum absolute atomic E-state index is 9.81. The van der Waals surface area contributed by atoms with Gasteiger partial charge in [0.25, 0.3) is 0 Å². The summed E-state index contributed by atoms with van der Waals surface area (Å²) in [5, 5.41) is 23.9. The summed E-state index contributed by atoms with van der Waals surface area (Å²) in [6, 6.07) is 55.7. The zero-order valence-corrected chi connectivity index (χ0v) is 30.4. The van der Waals surface area contributed by atoms with Gasteiger partial charge in [0.15, 0.2) is 0 Å². The summed E-state index contributed by atoms with van der Waals surface area (Å²) >= 11 is 1.80. The third-order valence-corrected chi connectivity index (χ3v) is 12.9. The van der Waals surface area contributed by atoms with Crippen molar-refractivity contribution in [3.8, 4) is 34.9 Å². The van der Waals surface area contributed by atoms with Gasteiger partial charge in [0, 0.05) is 55.1 Å². The fraction of sp³-hybridized carbons (Fsp3) is 0.0204. The molecular formula is C49H26N6S. The smallest absolute Gasteiger partial charge is 0.0991 e. The Morgan fingerprint density at radius 3 is 1.39 bits per heavy atom. The van der Waals surface area contributed by atoms with Crippen LogP contribution < -0.4 is 0 Å². The monoisotopic (exact) mass is 730 g/mol. The second-order valence-electron chi connectivity index (χ2n) is 14.4. The van der Waals surface area contributed by atoms with Crippen LogP contribution in [0.15, 0.2) is 168 Å². The zero-order chi connectivity index (χ0) is 37.1. The van der Waals surface area contributed by atoms with Crippen molar-refractivity contribution in [2.24, 2.45) is 0 Å². The number of hydrogen-bond donors (Lipinski definition) is 0. The summed E-state index contributed by atoms with van der Waals surface area (Å²) in [5.41, 5.74) is 13.2. The van der Waals surface area contributed by atoms with E-state index in [9.17, 15) is 10.5 Å². The quantitative estimate of drug-likeness (QED) is 0.177. The minimum Gasteiger partial charge on any atom is -0.309 e. The number of nitriles is 2. The molecule has 0 saturated carbocycles. The number of aromatic nitrogens is 4. The van der Waals surface area contributed by atoms with Crippen LogP contribution in [0.4, 0.5) is 0 Å². The normalized spacial score (nSPS) is 13.4. The number of fused-ring (bicyclic) bond motifs is 15. The number of nitrogens with zero attached hydrogens (tertiary/aromatic N) is 6. The maximum atomic E-state index is 9.81. The first-order chi connectivity index (χ1) is 27.7. The summed E-state index contributed by atoms with van der Waals surface area (Å²) < 4.78 is 4.65. The van der Waals surface area contributed by atoms with Gasteiger partial charge in [0.05, 0.1) is 62.1 Å². The number of para-hydroxylation sites is 2. The van der Waals surface area contributed by atoms with Gasteiger partial charge in [-0.2, -0.15) is 10.5 Å². The van der Waals surface area contributed by atoms with Crippen LogP contribution in [0, 0.1) is 22.7 Å². The second-order valence-corrected chi connectivity index (χ2v) is 15.5. The topological polar surface area (TPSA) is 83.2 Å². The Bertz CT molecular complexity index is 3220. The summed E-state index contributed by atoms with van der Waals surface area (Å²) in [5.74, 6) is 0. The van der Waals surface area contributed by atoms with Crippen LogP contribution in [-0.2, 0) is 5.41 Å². The lowest BCUT2D eigenvalue weighted by Crippen LogP contribution is -2.32. The maximum Gasteiger partial charge on any atom is 0.0991 e. The van der Waals surface area contributed by atoms with Crippen LogP contribution >= 0.6 is 11.8 Å². The standard InChI is InChI=1S/C49H26N6S/c50-27-29-13-17-43-35(23-29)33-7-1-3-11-41(33)54(43)31-15-19-45-39(25-31)49(37-9-5-21-52-47(37)48-38(49)10-6-22-53-48)40-26-32(16-20-46(40)56-45)55-42-12-4-2-8-34(42)36-24-30(28-51)14-18-44(36)55/h1-26H. The summed E-state index contributed by atoms with van der Waals surface area (Å²) in [6.45, 7) is 0. The van der Waals surface area contributed by atoms with Crippen molar-refractivity contribution in [3.05, 3.63) is 191 Å². The van der Waals surface area contributed by atoms with Crippen molar-refractivity contribution < 1.29 is 0 Å². The van der Waals surface area contributed by atoms with E-state index in [4.69, 9.17) is 9.97 Å². The molecule has 0 N–H and O–H groups in total. The van der Waals surface area contributed by atoms with E-state index in [0.717, 1.165) is 77.5 Å². The van der Waals surface area contributed by atoms with E-state index in [1.807, 2.05) is 48.8 Å². The summed E-state index contributed by atoms with van der Waals surface area (Å²) in [7, 11) is 0. The van der Waals surface area contributed by atoms with E-state index in [2.05, 4.69) is 130 Å². The Morgan fingerprint density at radius 2 is 0.911 bits per heavy atom. The molecule has 0 unspecified atom stereocenters. The second kappa shape index (κ2) is 11.3. The van der Waals surface area contributed by atoms with Crippen LogP contribution in [0.2, 0.25) is 0 Å². The molecule has 12 rings (SSSR count). The Labute approximate surface area is 325 Å². The van der Waals surface area contributed by atoms with Crippen LogP contribution in [-0.4, -0.2) is 19.1 Å². The highest BCUT2D eigenvalue weighted by molar-refractivity contribution is 7.99. The van der Waals surface area contributed by atoms with Gasteiger partial charge < -0.3 is 9.13 Å². The molecule has 5 heterocycles. The van der Waals surface area contributed by atoms with Crippen molar-refractivity contribution in [1.82, 2.24) is 19.1 Å². The fourth-order valence-electron chi connectivity index (χ4n) is 9.50. The van der Waals surface area contributed by atoms with E-state index in [0.29, 0.717) is 11.1 Å². The van der Waals surface area contributed by atoms with Crippen LogP contribution in [0.25, 0.3) is 66.4 Å². The SMILES string of the molecule is N#Cc1ccc2c(c1)c1ccccc1n2-c1ccc2c(c1)C1(c3cc(-n4c5ccccc5c5cc(C#N)ccc54)ccc3S2)c2cccnc2-c2ncccc21. The van der Waals surface area contributed by atoms with Gasteiger partial charge in [-0.15, -0.1) is 0 Å². The van der Waals surface area contributed by atoms with E-state index in [1.54, 1.807) is 11.8 Å². The van der Waals surface area contributed by atoms with Crippen LogP contribution in [0.5, 0.6) is 0 Å². The van der Waals surface area contributed by atoms with E-state index in [1.165, 1.54) is 20.9 Å². The molecule has 2 aliphatic rings. The highest BCUT2D eigenvalue weighted by atomic mass is 32.2. The first kappa shape index (κ1) is 31.0. The molecule has 0 radical (unpaired) electrons. The number of pyridine rings is 2. The number of hydrogen-bond acceptors (Lipinski definition) is 5. The molecule has 6 aromatic carbocycles. The van der Waals surface area contributed by atoms with Crippen molar-refractivity contribution in [2.75, 3.05) is 0 Å². The lowest BCUT2D eigenvalue weighted by atomic mass is 9.67. The molecule has 7 heteroatoms. The first-order valence-corrected chi connectivity index (χ1v) is 19.2. The average molecular weight is 731 g/mol. The van der Waals surface area contributed by atoms with E-state index < -0.39 is 5.41 Å². The molecule has 6 nitrogen and oxygen atoms in total. The zero-order valence-electron chi connectivity index (χ0n) is 29.6. The van der Waals surface area contributed by atoms with Gasteiger partial charge in [-0.1, -0.05) is 60.3 Å². The highest BCUT2D eigenvalue weighted by Crippen LogP contribution is 2.62. The Kier molecular flexibility index (Phi) is 6.24. The molecule has 0 fully saturated rings. The van der Waals surface area contributed by atoms with Crippen LogP contribution in [0.3, 0.4) is 0 Å². The lowest BCUT2D eigenvalue weighted by Gasteiger charge is -2.39. The molecule has 1 spiro atoms. The fourth-order valence-corrected chi connectivity index (χ4v) is 10.7. The molecule has 0 atom stereocenters. The van der Waals surface area contributed by atoms with E-state index in [-0.39, 0.29) is 0 Å². The molecular weight excluding hydrogens is 705 g/mol. The number of benzene rings is 6. The van der Waals surface area contributed by atoms with Gasteiger partial charge in [-0.05, 0) is 119 Å². The Morgan fingerprint density at radius 1 is 0.446 bits per heavy atom. The number of rotatable bonds is 2. The highest BCUT2D eigenvalue weighted by Gasteiger charge is 2.52. The van der Waals surface area contributed by atoms with Crippen molar-refractivity contribution in [2.45, 2.75) is 15.2 Å². The van der Waals surface area contributed by atoms with E-state index >= 15 is 0 Å². The van der Waals surface area contributed by atoms with Crippen LogP contribution in [0.1, 0.15) is 33.4 Å². The molecule has 10 aromatic rings. The molecule has 56 heavy (non-hydrogen) atoms. The van der Waals surface area contributed by atoms with Crippen molar-refractivity contribution in [3.63, 3.8) is 0 Å². The molecule has 4 aromatic heterocycles. The molecule has 0 amide bonds. The molecule has 1 aliphatic carbocycles. The minimum atomic E-state index is -0.728. The lowest BCUT2D eigenvalue weighted by molar-refractivity contribution is 0.717. The summed E-state index contributed by atoms with van der Waals surface area (Å²) in [6.07, 6.45) is 3.73. The van der Waals surface area contributed by atoms with Gasteiger partial charge in [-0.25, -0.2) is 0 Å². The Hall–Kier alpha value is -7.45. The summed E-state index contributed by atoms with van der Waals surface area (Å²) in [4.78, 5) is 12.4. The predicted molar refractivity (Wildman–Crippen MR) is 222 cm³/mol. The molecule has 258 valence electrons. The van der Waals surface area contributed by atoms with Crippen molar-refractivity contribution >= 4 is 55.4 Å². The molecule has 1 aliphatic heterocycles. The average Bonchev–Trinajstić information content (AvgIpc) is 3.88. The third kappa shape index (κ3) is 3.94. The third-order valence-electron chi connectivity index (χ3n) is 11.7. The molecule has 0 bridgehead atoms. The van der Waals surface area contributed by atoms with Gasteiger partial charge in [0.2, 0.25) is 0 Å².